The second-order valence-corrected chi connectivity index (χ2v) is 6.50. The fourth-order valence-corrected chi connectivity index (χ4v) is 2.72. The van der Waals surface area contributed by atoms with Crippen molar-refractivity contribution in [2.24, 2.45) is 0 Å². The van der Waals surface area contributed by atoms with Crippen LogP contribution in [0.2, 0.25) is 10.0 Å². The van der Waals surface area contributed by atoms with Gasteiger partial charge in [-0.05, 0) is 60.2 Å². The van der Waals surface area contributed by atoms with Gasteiger partial charge in [-0.3, -0.25) is 0 Å². The summed E-state index contributed by atoms with van der Waals surface area (Å²) in [5, 5.41) is 18.0. The average molecular weight is 391 g/mol. The van der Waals surface area contributed by atoms with Crippen molar-refractivity contribution in [1.82, 2.24) is 25.5 Å². The molecule has 2 N–H and O–H groups in total. The molecule has 0 fully saturated rings. The van der Waals surface area contributed by atoms with Crippen LogP contribution in [-0.4, -0.2) is 26.2 Å². The predicted octanol–water partition coefficient (Wildman–Crippen LogP) is 4.16. The number of anilines is 1. The van der Waals surface area contributed by atoms with Gasteiger partial charge in [-0.2, -0.15) is 4.68 Å². The molecular weight excluding hydrogens is 375 g/mol. The van der Waals surface area contributed by atoms with Crippen LogP contribution in [0.4, 0.5) is 10.5 Å². The molecule has 0 saturated heterocycles. The lowest BCUT2D eigenvalue weighted by molar-refractivity contribution is 0.249. The molecule has 26 heavy (non-hydrogen) atoms. The number of carbonyl (C=O) groups excluding carboxylic acids is 1. The molecule has 3 rings (SSSR count). The van der Waals surface area contributed by atoms with Gasteiger partial charge in [0.25, 0.3) is 0 Å². The summed E-state index contributed by atoms with van der Waals surface area (Å²) in [4.78, 5) is 12.3. The number of nitrogens with zero attached hydrogens (tertiary/aromatic N) is 4. The molecule has 0 aliphatic carbocycles. The standard InChI is InChI=1S/C17H16Cl2N6O/c1-10(12-6-7-15(18)16(19)8-12)20-17(26)21-13-4-3-5-14(9-13)25-11(2)22-23-24-25/h3-10H,1-2H3,(H2,20,21,26)/t10-/m0/s1. The Hall–Kier alpha value is -2.64. The Morgan fingerprint density at radius 1 is 1.15 bits per heavy atom. The lowest BCUT2D eigenvalue weighted by atomic mass is 10.1. The van der Waals surface area contributed by atoms with Gasteiger partial charge in [-0.1, -0.05) is 35.3 Å². The molecule has 134 valence electrons. The van der Waals surface area contributed by atoms with Gasteiger partial charge in [-0.15, -0.1) is 5.10 Å². The number of halogens is 2. The first kappa shape index (κ1) is 18.2. The first-order valence-electron chi connectivity index (χ1n) is 7.82. The van der Waals surface area contributed by atoms with E-state index in [1.54, 1.807) is 35.9 Å². The van der Waals surface area contributed by atoms with E-state index in [1.165, 1.54) is 0 Å². The molecule has 7 nitrogen and oxygen atoms in total. The van der Waals surface area contributed by atoms with Gasteiger partial charge >= 0.3 is 6.03 Å². The lowest BCUT2D eigenvalue weighted by Gasteiger charge is -2.16. The molecule has 3 aromatic rings. The van der Waals surface area contributed by atoms with Crippen LogP contribution in [0.5, 0.6) is 0 Å². The highest BCUT2D eigenvalue weighted by atomic mass is 35.5. The third-order valence-electron chi connectivity index (χ3n) is 3.77. The van der Waals surface area contributed by atoms with Crippen LogP contribution in [0.25, 0.3) is 5.69 Å². The van der Waals surface area contributed by atoms with Gasteiger partial charge < -0.3 is 10.6 Å². The summed E-state index contributed by atoms with van der Waals surface area (Å²) in [5.74, 6) is 0.653. The number of benzene rings is 2. The third-order valence-corrected chi connectivity index (χ3v) is 4.50. The molecule has 1 heterocycles. The van der Waals surface area contributed by atoms with E-state index < -0.39 is 0 Å². The highest BCUT2D eigenvalue weighted by Crippen LogP contribution is 2.25. The van der Waals surface area contributed by atoms with Crippen molar-refractivity contribution in [2.45, 2.75) is 19.9 Å². The molecule has 1 aromatic heterocycles. The summed E-state index contributed by atoms with van der Waals surface area (Å²) in [6.07, 6.45) is 0. The summed E-state index contributed by atoms with van der Waals surface area (Å²) < 4.78 is 1.58. The number of nitrogens with one attached hydrogen (secondary N) is 2. The number of tetrazole rings is 1. The van der Waals surface area contributed by atoms with E-state index in [0.29, 0.717) is 21.6 Å². The lowest BCUT2D eigenvalue weighted by Crippen LogP contribution is -2.31. The Kier molecular flexibility index (Phi) is 5.39. The van der Waals surface area contributed by atoms with E-state index in [9.17, 15) is 4.79 Å². The molecule has 1 atom stereocenters. The monoisotopic (exact) mass is 390 g/mol. The van der Waals surface area contributed by atoms with Crippen molar-refractivity contribution >= 4 is 34.9 Å². The summed E-state index contributed by atoms with van der Waals surface area (Å²) in [6, 6.07) is 11.9. The smallest absolute Gasteiger partial charge is 0.319 e. The SMILES string of the molecule is Cc1nnnn1-c1cccc(NC(=O)N[C@@H](C)c2ccc(Cl)c(Cl)c2)c1. The van der Waals surface area contributed by atoms with Crippen LogP contribution < -0.4 is 10.6 Å². The van der Waals surface area contributed by atoms with Crippen LogP contribution in [0.3, 0.4) is 0 Å². The van der Waals surface area contributed by atoms with Crippen molar-refractivity contribution < 1.29 is 4.79 Å². The largest absolute Gasteiger partial charge is 0.331 e. The van der Waals surface area contributed by atoms with E-state index >= 15 is 0 Å². The minimum Gasteiger partial charge on any atom is -0.331 e. The van der Waals surface area contributed by atoms with Crippen molar-refractivity contribution in [1.29, 1.82) is 0 Å². The maximum Gasteiger partial charge on any atom is 0.319 e. The molecule has 0 radical (unpaired) electrons. The van der Waals surface area contributed by atoms with Gasteiger partial charge in [0.15, 0.2) is 5.82 Å². The first-order valence-corrected chi connectivity index (χ1v) is 8.57. The van der Waals surface area contributed by atoms with Crippen molar-refractivity contribution in [3.8, 4) is 5.69 Å². The number of amides is 2. The quantitative estimate of drug-likeness (QED) is 0.700. The predicted molar refractivity (Wildman–Crippen MR) is 101 cm³/mol. The number of carbonyl (C=O) groups is 1. The summed E-state index contributed by atoms with van der Waals surface area (Å²) in [6.45, 7) is 3.66. The van der Waals surface area contributed by atoms with E-state index in [0.717, 1.165) is 11.3 Å². The average Bonchev–Trinajstić information content (AvgIpc) is 3.03. The van der Waals surface area contributed by atoms with Crippen molar-refractivity contribution in [3.05, 3.63) is 63.9 Å². The Bertz CT molecular complexity index is 943. The zero-order chi connectivity index (χ0) is 18.7. The second-order valence-electron chi connectivity index (χ2n) is 5.68. The van der Waals surface area contributed by atoms with Gasteiger partial charge in [0.05, 0.1) is 21.8 Å². The first-order chi connectivity index (χ1) is 12.4. The zero-order valence-electron chi connectivity index (χ0n) is 14.1. The summed E-state index contributed by atoms with van der Waals surface area (Å²) >= 11 is 11.9. The molecule has 2 amide bonds. The molecule has 0 unspecified atom stereocenters. The van der Waals surface area contributed by atoms with Crippen molar-refractivity contribution in [2.75, 3.05) is 5.32 Å². The topological polar surface area (TPSA) is 84.7 Å². The van der Waals surface area contributed by atoms with E-state index in [1.807, 2.05) is 25.1 Å². The second kappa shape index (κ2) is 7.72. The number of hydrogen-bond donors (Lipinski definition) is 2. The molecule has 0 bridgehead atoms. The van der Waals surface area contributed by atoms with Crippen LogP contribution in [-0.2, 0) is 0 Å². The Labute approximate surface area is 160 Å². The highest BCUT2D eigenvalue weighted by Gasteiger charge is 2.12. The van der Waals surface area contributed by atoms with Crippen LogP contribution >= 0.6 is 23.2 Å². The minimum atomic E-state index is -0.339. The fraction of sp³-hybridized carbons (Fsp3) is 0.176. The number of hydrogen-bond acceptors (Lipinski definition) is 4. The van der Waals surface area contributed by atoms with E-state index in [-0.39, 0.29) is 12.1 Å². The number of rotatable bonds is 4. The number of aromatic nitrogens is 4. The molecule has 2 aromatic carbocycles. The Balaban J connectivity index is 1.68. The molecule has 0 aliphatic heterocycles. The van der Waals surface area contributed by atoms with E-state index in [4.69, 9.17) is 23.2 Å². The zero-order valence-corrected chi connectivity index (χ0v) is 15.6. The van der Waals surface area contributed by atoms with Crippen LogP contribution in [0.15, 0.2) is 42.5 Å². The number of urea groups is 1. The molecular formula is C17H16Cl2N6O. The molecule has 9 heteroatoms. The Morgan fingerprint density at radius 3 is 2.65 bits per heavy atom. The molecule has 0 aliphatic rings. The van der Waals surface area contributed by atoms with Gasteiger partial charge in [0.2, 0.25) is 0 Å². The molecule has 0 saturated carbocycles. The maximum atomic E-state index is 12.3. The van der Waals surface area contributed by atoms with Gasteiger partial charge in [0.1, 0.15) is 0 Å². The fourth-order valence-electron chi connectivity index (χ4n) is 2.41. The molecule has 0 spiro atoms. The highest BCUT2D eigenvalue weighted by molar-refractivity contribution is 6.42. The summed E-state index contributed by atoms with van der Waals surface area (Å²) in [7, 11) is 0. The maximum absolute atomic E-state index is 12.3. The van der Waals surface area contributed by atoms with Crippen LogP contribution in [0.1, 0.15) is 24.4 Å². The minimum absolute atomic E-state index is 0.241. The number of aryl methyl sites for hydroxylation is 1. The Morgan fingerprint density at radius 2 is 1.96 bits per heavy atom. The normalized spacial score (nSPS) is 11.8. The van der Waals surface area contributed by atoms with E-state index in [2.05, 4.69) is 26.2 Å². The van der Waals surface area contributed by atoms with Gasteiger partial charge in [-0.25, -0.2) is 4.79 Å². The van der Waals surface area contributed by atoms with Crippen molar-refractivity contribution in [3.63, 3.8) is 0 Å². The summed E-state index contributed by atoms with van der Waals surface area (Å²) in [5.41, 5.74) is 2.23. The third kappa shape index (κ3) is 4.12. The van der Waals surface area contributed by atoms with Crippen LogP contribution in [0, 0.1) is 6.92 Å². The van der Waals surface area contributed by atoms with Gasteiger partial charge in [0, 0.05) is 5.69 Å².